The molecule has 0 radical (unpaired) electrons. The summed E-state index contributed by atoms with van der Waals surface area (Å²) >= 11 is 0. The Balaban J connectivity index is 0.00000192. The summed E-state index contributed by atoms with van der Waals surface area (Å²) in [6.45, 7) is 7.69. The van der Waals surface area contributed by atoms with Gasteiger partial charge in [-0.05, 0) is 62.4 Å². The minimum absolute atomic E-state index is 0. The number of hydrogen-bond acceptors (Lipinski definition) is 3. The molecule has 3 rings (SSSR count). The molecule has 1 aromatic carbocycles. The van der Waals surface area contributed by atoms with E-state index in [0.717, 1.165) is 30.1 Å². The lowest BCUT2D eigenvalue weighted by Crippen LogP contribution is -2.40. The van der Waals surface area contributed by atoms with E-state index in [1.807, 2.05) is 30.0 Å². The minimum atomic E-state index is 0. The molecule has 1 aromatic rings. The van der Waals surface area contributed by atoms with Gasteiger partial charge in [0.25, 0.3) is 0 Å². The number of halogens is 1. The number of nitrogens with zero attached hydrogens (tertiary/aromatic N) is 1. The molecule has 2 aliphatic heterocycles. The van der Waals surface area contributed by atoms with Crippen molar-refractivity contribution < 1.29 is 9.53 Å². The van der Waals surface area contributed by atoms with Gasteiger partial charge < -0.3 is 15.0 Å². The summed E-state index contributed by atoms with van der Waals surface area (Å²) in [5.41, 5.74) is 2.09. The number of nitrogens with one attached hydrogen (secondary N) is 1. The number of rotatable bonds is 3. The van der Waals surface area contributed by atoms with Crippen LogP contribution in [0.1, 0.15) is 31.7 Å². The van der Waals surface area contributed by atoms with Crippen LogP contribution in [0, 0.1) is 18.8 Å². The number of anilines is 1. The summed E-state index contributed by atoms with van der Waals surface area (Å²) in [5.74, 6) is 2.20. The highest BCUT2D eigenvalue weighted by Gasteiger charge is 2.27. The van der Waals surface area contributed by atoms with Crippen LogP contribution < -0.4 is 15.0 Å². The standard InChI is InChI=1S/C18H26N2O2.ClH/c1-13-3-4-16-17(11-13)22-10-9-20(16)18(21)12-14(2)15-5-7-19-8-6-15;/h3-4,11,14-15,19H,5-10,12H2,1-2H3;1H. The zero-order valence-corrected chi connectivity index (χ0v) is 14.8. The summed E-state index contributed by atoms with van der Waals surface area (Å²) in [4.78, 5) is 14.7. The second kappa shape index (κ2) is 8.02. The molecular formula is C18H27ClN2O2. The van der Waals surface area contributed by atoms with E-state index in [1.165, 1.54) is 12.8 Å². The first kappa shape index (κ1) is 18.1. The first-order valence-electron chi connectivity index (χ1n) is 8.39. The van der Waals surface area contributed by atoms with Gasteiger partial charge in [0.15, 0.2) is 0 Å². The topological polar surface area (TPSA) is 41.6 Å². The molecule has 5 heteroatoms. The van der Waals surface area contributed by atoms with Crippen molar-refractivity contribution in [2.24, 2.45) is 11.8 Å². The molecule has 1 N–H and O–H groups in total. The van der Waals surface area contributed by atoms with Crippen molar-refractivity contribution >= 4 is 24.0 Å². The van der Waals surface area contributed by atoms with Crippen molar-refractivity contribution in [3.8, 4) is 5.75 Å². The number of fused-ring (bicyclic) bond motifs is 1. The Hall–Kier alpha value is -1.26. The normalized spacial score (nSPS) is 19.3. The van der Waals surface area contributed by atoms with Crippen LogP contribution in [-0.2, 0) is 4.79 Å². The zero-order valence-electron chi connectivity index (χ0n) is 14.0. The first-order chi connectivity index (χ1) is 10.6. The molecule has 23 heavy (non-hydrogen) atoms. The van der Waals surface area contributed by atoms with Crippen LogP contribution in [0.4, 0.5) is 5.69 Å². The van der Waals surface area contributed by atoms with Gasteiger partial charge in [0, 0.05) is 6.42 Å². The Morgan fingerprint density at radius 1 is 1.39 bits per heavy atom. The van der Waals surface area contributed by atoms with Gasteiger partial charge in [-0.25, -0.2) is 0 Å². The van der Waals surface area contributed by atoms with Crippen LogP contribution in [0.3, 0.4) is 0 Å². The average Bonchev–Trinajstić information content (AvgIpc) is 2.54. The van der Waals surface area contributed by atoms with Crippen LogP contribution in [0.15, 0.2) is 18.2 Å². The highest BCUT2D eigenvalue weighted by molar-refractivity contribution is 5.95. The molecule has 2 heterocycles. The predicted molar refractivity (Wildman–Crippen MR) is 95.6 cm³/mol. The van der Waals surface area contributed by atoms with Crippen molar-refractivity contribution in [1.29, 1.82) is 0 Å². The number of carbonyl (C=O) groups is 1. The minimum Gasteiger partial charge on any atom is -0.490 e. The molecular weight excluding hydrogens is 312 g/mol. The van der Waals surface area contributed by atoms with Crippen LogP contribution in [0.5, 0.6) is 5.75 Å². The SMILES string of the molecule is Cc1ccc2c(c1)OCCN2C(=O)CC(C)C1CCNCC1.Cl. The molecule has 0 bridgehead atoms. The van der Waals surface area contributed by atoms with Gasteiger partial charge in [-0.2, -0.15) is 0 Å². The number of aryl methyl sites for hydroxylation is 1. The van der Waals surface area contributed by atoms with Crippen LogP contribution >= 0.6 is 12.4 Å². The summed E-state index contributed by atoms with van der Waals surface area (Å²) in [6, 6.07) is 6.08. The van der Waals surface area contributed by atoms with Gasteiger partial charge in [0.05, 0.1) is 12.2 Å². The number of ether oxygens (including phenoxy) is 1. The van der Waals surface area contributed by atoms with E-state index >= 15 is 0 Å². The van der Waals surface area contributed by atoms with E-state index in [2.05, 4.69) is 12.2 Å². The quantitative estimate of drug-likeness (QED) is 0.920. The molecule has 0 saturated carbocycles. The van der Waals surface area contributed by atoms with Gasteiger partial charge in [-0.15, -0.1) is 12.4 Å². The Bertz CT molecular complexity index is 544. The smallest absolute Gasteiger partial charge is 0.227 e. The van der Waals surface area contributed by atoms with E-state index in [4.69, 9.17) is 4.74 Å². The van der Waals surface area contributed by atoms with Crippen molar-refractivity contribution in [2.75, 3.05) is 31.1 Å². The molecule has 1 amide bonds. The molecule has 1 unspecified atom stereocenters. The second-order valence-electron chi connectivity index (χ2n) is 6.63. The number of carbonyl (C=O) groups excluding carboxylic acids is 1. The molecule has 0 aliphatic carbocycles. The lowest BCUT2D eigenvalue weighted by Gasteiger charge is -2.33. The Morgan fingerprint density at radius 3 is 2.87 bits per heavy atom. The fraction of sp³-hybridized carbons (Fsp3) is 0.611. The summed E-state index contributed by atoms with van der Waals surface area (Å²) in [5, 5.41) is 3.39. The van der Waals surface area contributed by atoms with E-state index in [1.54, 1.807) is 0 Å². The maximum Gasteiger partial charge on any atom is 0.227 e. The van der Waals surface area contributed by atoms with Gasteiger partial charge in [-0.3, -0.25) is 4.79 Å². The monoisotopic (exact) mass is 338 g/mol. The Kier molecular flexibility index (Phi) is 6.31. The number of amides is 1. The van der Waals surface area contributed by atoms with E-state index in [-0.39, 0.29) is 18.3 Å². The van der Waals surface area contributed by atoms with E-state index < -0.39 is 0 Å². The van der Waals surface area contributed by atoms with E-state index in [0.29, 0.717) is 31.4 Å². The number of piperidine rings is 1. The van der Waals surface area contributed by atoms with Gasteiger partial charge in [0.1, 0.15) is 12.4 Å². The van der Waals surface area contributed by atoms with E-state index in [9.17, 15) is 4.79 Å². The van der Waals surface area contributed by atoms with Gasteiger partial charge in [0.2, 0.25) is 5.91 Å². The van der Waals surface area contributed by atoms with Crippen molar-refractivity contribution in [2.45, 2.75) is 33.1 Å². The van der Waals surface area contributed by atoms with Gasteiger partial charge >= 0.3 is 0 Å². The third-order valence-corrected chi connectivity index (χ3v) is 4.96. The molecule has 1 atom stereocenters. The molecule has 0 spiro atoms. The lowest BCUT2D eigenvalue weighted by atomic mass is 9.84. The summed E-state index contributed by atoms with van der Waals surface area (Å²) in [6.07, 6.45) is 3.01. The average molecular weight is 339 g/mol. The Labute approximate surface area is 145 Å². The lowest BCUT2D eigenvalue weighted by molar-refractivity contribution is -0.120. The fourth-order valence-corrected chi connectivity index (χ4v) is 3.55. The zero-order chi connectivity index (χ0) is 15.5. The molecule has 4 nitrogen and oxygen atoms in total. The Morgan fingerprint density at radius 2 is 2.13 bits per heavy atom. The summed E-state index contributed by atoms with van der Waals surface area (Å²) < 4.78 is 5.70. The van der Waals surface area contributed by atoms with Gasteiger partial charge in [-0.1, -0.05) is 13.0 Å². The van der Waals surface area contributed by atoms with Crippen molar-refractivity contribution in [3.63, 3.8) is 0 Å². The van der Waals surface area contributed by atoms with Crippen LogP contribution in [0.25, 0.3) is 0 Å². The number of hydrogen-bond donors (Lipinski definition) is 1. The molecule has 2 aliphatic rings. The second-order valence-corrected chi connectivity index (χ2v) is 6.63. The third kappa shape index (κ3) is 4.18. The maximum absolute atomic E-state index is 12.8. The maximum atomic E-state index is 12.8. The highest BCUT2D eigenvalue weighted by Crippen LogP contribution is 2.34. The first-order valence-corrected chi connectivity index (χ1v) is 8.39. The highest BCUT2D eigenvalue weighted by atomic mass is 35.5. The van der Waals surface area contributed by atoms with Crippen LogP contribution in [0.2, 0.25) is 0 Å². The predicted octanol–water partition coefficient (Wildman–Crippen LogP) is 3.17. The largest absolute Gasteiger partial charge is 0.490 e. The molecule has 0 aromatic heterocycles. The fourth-order valence-electron chi connectivity index (χ4n) is 3.55. The van der Waals surface area contributed by atoms with Crippen molar-refractivity contribution in [3.05, 3.63) is 23.8 Å². The van der Waals surface area contributed by atoms with Crippen LogP contribution in [-0.4, -0.2) is 32.1 Å². The molecule has 128 valence electrons. The number of benzene rings is 1. The van der Waals surface area contributed by atoms with Crippen molar-refractivity contribution in [1.82, 2.24) is 5.32 Å². The molecule has 1 fully saturated rings. The molecule has 1 saturated heterocycles. The third-order valence-electron chi connectivity index (χ3n) is 4.96. The summed E-state index contributed by atoms with van der Waals surface area (Å²) in [7, 11) is 0.